The summed E-state index contributed by atoms with van der Waals surface area (Å²) in [7, 11) is -1.15. The van der Waals surface area contributed by atoms with Crippen LogP contribution in [0.25, 0.3) is 0 Å². The lowest BCUT2D eigenvalue weighted by Gasteiger charge is -2.25. The smallest absolute Gasteiger partial charge is 0.190 e. The van der Waals surface area contributed by atoms with Gasteiger partial charge in [0.05, 0.1) is 5.75 Å². The number of nitrogens with zero attached hydrogens (tertiary/aromatic N) is 1. The van der Waals surface area contributed by atoms with Crippen molar-refractivity contribution in [2.45, 2.75) is 47.0 Å². The van der Waals surface area contributed by atoms with E-state index in [0.717, 1.165) is 24.8 Å². The first-order valence-corrected chi connectivity index (χ1v) is 9.74. The number of nitrogens with one attached hydrogen (secondary N) is 2. The predicted molar refractivity (Wildman–Crippen MR) is 107 cm³/mol. The van der Waals surface area contributed by atoms with Crippen LogP contribution in [0.15, 0.2) is 4.99 Å². The van der Waals surface area contributed by atoms with Crippen molar-refractivity contribution in [3.05, 3.63) is 0 Å². The molecule has 134 valence electrons. The van der Waals surface area contributed by atoms with Gasteiger partial charge in [-0.15, -0.1) is 24.0 Å². The number of aliphatic imine (C=N–C) groups is 1. The van der Waals surface area contributed by atoms with Gasteiger partial charge >= 0.3 is 0 Å². The minimum atomic E-state index is -2.90. The first kappa shape index (κ1) is 24.2. The van der Waals surface area contributed by atoms with Gasteiger partial charge in [-0.25, -0.2) is 8.42 Å². The molecule has 2 N–H and O–H groups in total. The molecule has 0 aromatic carbocycles. The Morgan fingerprint density at radius 2 is 1.82 bits per heavy atom. The molecule has 0 radical (unpaired) electrons. The monoisotopic (exact) mass is 447 g/mol. The molecular weight excluding hydrogens is 413 g/mol. The highest BCUT2D eigenvalue weighted by molar-refractivity contribution is 14.0. The summed E-state index contributed by atoms with van der Waals surface area (Å²) in [5.74, 6) is 1.73. The molecular formula is C15H34IN3O2S. The number of hydrogen-bond acceptors (Lipinski definition) is 3. The quantitative estimate of drug-likeness (QED) is 0.247. The van der Waals surface area contributed by atoms with Crippen molar-refractivity contribution in [3.8, 4) is 0 Å². The Labute approximate surface area is 154 Å². The first-order chi connectivity index (χ1) is 9.56. The Balaban J connectivity index is 0. The second-order valence-corrected chi connectivity index (χ2v) is 9.19. The molecule has 0 unspecified atom stereocenters. The number of rotatable bonds is 9. The third-order valence-corrected chi connectivity index (χ3v) is 4.30. The van der Waals surface area contributed by atoms with Gasteiger partial charge in [-0.3, -0.25) is 4.99 Å². The molecule has 0 saturated heterocycles. The highest BCUT2D eigenvalue weighted by Crippen LogP contribution is 2.19. The summed E-state index contributed by atoms with van der Waals surface area (Å²) in [5, 5.41) is 6.57. The average Bonchev–Trinajstić information content (AvgIpc) is 2.35. The van der Waals surface area contributed by atoms with E-state index in [1.54, 1.807) is 7.05 Å². The molecule has 0 aliphatic heterocycles. The van der Waals surface area contributed by atoms with E-state index in [4.69, 9.17) is 0 Å². The van der Waals surface area contributed by atoms with Gasteiger partial charge in [0, 0.05) is 26.4 Å². The molecule has 0 aromatic rings. The number of sulfone groups is 1. The van der Waals surface area contributed by atoms with Crippen molar-refractivity contribution in [1.29, 1.82) is 0 Å². The summed E-state index contributed by atoms with van der Waals surface area (Å²) in [6.07, 6.45) is 4.24. The Bertz CT molecular complexity index is 421. The number of hydrogen-bond donors (Lipinski definition) is 2. The van der Waals surface area contributed by atoms with Gasteiger partial charge in [-0.1, -0.05) is 27.7 Å². The van der Waals surface area contributed by atoms with Crippen LogP contribution in [0.2, 0.25) is 0 Å². The van der Waals surface area contributed by atoms with E-state index in [-0.39, 0.29) is 35.1 Å². The third kappa shape index (κ3) is 14.9. The SMILES string of the molecule is CN=C(NCCCC(C)C)NCC(C)(C)CCS(C)(=O)=O.I. The Morgan fingerprint density at radius 3 is 2.27 bits per heavy atom. The highest BCUT2D eigenvalue weighted by Gasteiger charge is 2.20. The molecule has 0 atom stereocenters. The van der Waals surface area contributed by atoms with Crippen LogP contribution in [-0.2, 0) is 9.84 Å². The van der Waals surface area contributed by atoms with E-state index >= 15 is 0 Å². The normalized spacial score (nSPS) is 13.0. The van der Waals surface area contributed by atoms with E-state index in [1.807, 2.05) is 0 Å². The molecule has 22 heavy (non-hydrogen) atoms. The van der Waals surface area contributed by atoms with E-state index in [2.05, 4.69) is 43.3 Å². The molecule has 0 heterocycles. The summed E-state index contributed by atoms with van der Waals surface area (Å²) >= 11 is 0. The Kier molecular flexibility index (Phi) is 12.6. The molecule has 0 aliphatic carbocycles. The van der Waals surface area contributed by atoms with Gasteiger partial charge in [-0.05, 0) is 30.6 Å². The fourth-order valence-electron chi connectivity index (χ4n) is 1.81. The maximum absolute atomic E-state index is 11.2. The second-order valence-electron chi connectivity index (χ2n) is 6.93. The average molecular weight is 447 g/mol. The van der Waals surface area contributed by atoms with E-state index < -0.39 is 9.84 Å². The van der Waals surface area contributed by atoms with Crippen molar-refractivity contribution < 1.29 is 8.42 Å². The van der Waals surface area contributed by atoms with E-state index in [1.165, 1.54) is 12.7 Å². The van der Waals surface area contributed by atoms with Gasteiger partial charge in [0.1, 0.15) is 9.84 Å². The van der Waals surface area contributed by atoms with Gasteiger partial charge in [0.2, 0.25) is 0 Å². The molecule has 0 rings (SSSR count). The van der Waals surface area contributed by atoms with Gasteiger partial charge < -0.3 is 10.6 Å². The largest absolute Gasteiger partial charge is 0.356 e. The fraction of sp³-hybridized carbons (Fsp3) is 0.933. The fourth-order valence-corrected chi connectivity index (χ4v) is 2.73. The summed E-state index contributed by atoms with van der Waals surface area (Å²) in [4.78, 5) is 4.19. The van der Waals surface area contributed by atoms with Crippen LogP contribution in [0, 0.1) is 11.3 Å². The maximum atomic E-state index is 11.2. The zero-order chi connectivity index (χ0) is 16.5. The highest BCUT2D eigenvalue weighted by atomic mass is 127. The van der Waals surface area contributed by atoms with Gasteiger partial charge in [-0.2, -0.15) is 0 Å². The van der Waals surface area contributed by atoms with Crippen molar-refractivity contribution in [2.24, 2.45) is 16.3 Å². The summed E-state index contributed by atoms with van der Waals surface area (Å²) in [6.45, 7) is 10.2. The molecule has 0 amide bonds. The van der Waals surface area contributed by atoms with Crippen LogP contribution in [0.3, 0.4) is 0 Å². The zero-order valence-electron chi connectivity index (χ0n) is 14.9. The predicted octanol–water partition coefficient (Wildman–Crippen LogP) is 2.67. The number of halogens is 1. The van der Waals surface area contributed by atoms with E-state index in [0.29, 0.717) is 13.0 Å². The summed E-state index contributed by atoms with van der Waals surface area (Å²) in [6, 6.07) is 0. The van der Waals surface area contributed by atoms with Crippen molar-refractivity contribution in [3.63, 3.8) is 0 Å². The van der Waals surface area contributed by atoms with Crippen molar-refractivity contribution >= 4 is 39.8 Å². The lowest BCUT2D eigenvalue weighted by molar-refractivity contribution is 0.348. The zero-order valence-corrected chi connectivity index (χ0v) is 18.0. The molecule has 0 saturated carbocycles. The van der Waals surface area contributed by atoms with Crippen LogP contribution >= 0.6 is 24.0 Å². The Hall–Kier alpha value is -0.0500. The van der Waals surface area contributed by atoms with Crippen LogP contribution in [0.4, 0.5) is 0 Å². The number of guanidine groups is 1. The first-order valence-electron chi connectivity index (χ1n) is 7.68. The van der Waals surface area contributed by atoms with Gasteiger partial charge in [0.15, 0.2) is 5.96 Å². The minimum absolute atomic E-state index is 0. The molecule has 0 aliphatic rings. The maximum Gasteiger partial charge on any atom is 0.190 e. The summed E-state index contributed by atoms with van der Waals surface area (Å²) < 4.78 is 22.5. The molecule has 5 nitrogen and oxygen atoms in total. The lowest BCUT2D eigenvalue weighted by atomic mass is 9.90. The molecule has 0 aromatic heterocycles. The lowest BCUT2D eigenvalue weighted by Crippen LogP contribution is -2.42. The molecule has 7 heteroatoms. The van der Waals surface area contributed by atoms with Crippen LogP contribution in [-0.4, -0.2) is 46.5 Å². The molecule has 0 fully saturated rings. The standard InChI is InChI=1S/C15H33N3O2S.HI/c1-13(2)8-7-10-17-14(16-5)18-12-15(3,4)9-11-21(6,19)20;/h13H,7-12H2,1-6H3,(H2,16,17,18);1H. The topological polar surface area (TPSA) is 70.6 Å². The summed E-state index contributed by atoms with van der Waals surface area (Å²) in [5.41, 5.74) is -0.0847. The van der Waals surface area contributed by atoms with Crippen LogP contribution in [0.1, 0.15) is 47.0 Å². The van der Waals surface area contributed by atoms with E-state index in [9.17, 15) is 8.42 Å². The van der Waals surface area contributed by atoms with Crippen molar-refractivity contribution in [1.82, 2.24) is 10.6 Å². The molecule has 0 spiro atoms. The van der Waals surface area contributed by atoms with Crippen LogP contribution < -0.4 is 10.6 Å². The molecule has 0 bridgehead atoms. The second kappa shape index (κ2) is 11.5. The Morgan fingerprint density at radius 1 is 1.23 bits per heavy atom. The van der Waals surface area contributed by atoms with Crippen LogP contribution in [0.5, 0.6) is 0 Å². The van der Waals surface area contributed by atoms with Crippen molar-refractivity contribution in [2.75, 3.05) is 32.1 Å². The minimum Gasteiger partial charge on any atom is -0.356 e. The van der Waals surface area contributed by atoms with Gasteiger partial charge in [0.25, 0.3) is 0 Å². The third-order valence-electron chi connectivity index (χ3n) is 3.36.